The molecule has 21 heavy (non-hydrogen) atoms. The van der Waals surface area contributed by atoms with Crippen LogP contribution in [0.25, 0.3) is 0 Å². The highest BCUT2D eigenvalue weighted by atomic mass is 35.5. The van der Waals surface area contributed by atoms with Crippen LogP contribution in [0.4, 0.5) is 0 Å². The van der Waals surface area contributed by atoms with Gasteiger partial charge in [0.25, 0.3) is 0 Å². The van der Waals surface area contributed by atoms with Gasteiger partial charge in [-0.25, -0.2) is 17.9 Å². The SMILES string of the molecule is CC1CCCC1NS(=O)(=O)c1cc(C(=O)O)c(Cl)cc1Cl. The molecule has 1 saturated carbocycles. The average Bonchev–Trinajstić information content (AvgIpc) is 2.73. The molecule has 1 aromatic rings. The van der Waals surface area contributed by atoms with Crippen LogP contribution in [0.15, 0.2) is 17.0 Å². The lowest BCUT2D eigenvalue weighted by Gasteiger charge is -2.18. The number of halogens is 2. The lowest BCUT2D eigenvalue weighted by molar-refractivity contribution is 0.0697. The second kappa shape index (κ2) is 6.12. The molecule has 1 aliphatic rings. The Morgan fingerprint density at radius 3 is 2.48 bits per heavy atom. The maximum Gasteiger partial charge on any atom is 0.337 e. The van der Waals surface area contributed by atoms with Gasteiger partial charge in [0.1, 0.15) is 4.90 Å². The summed E-state index contributed by atoms with van der Waals surface area (Å²) in [5.74, 6) is -1.06. The summed E-state index contributed by atoms with van der Waals surface area (Å²) in [4.78, 5) is 10.8. The summed E-state index contributed by atoms with van der Waals surface area (Å²) >= 11 is 11.7. The van der Waals surface area contributed by atoms with Gasteiger partial charge in [-0.2, -0.15) is 0 Å². The lowest BCUT2D eigenvalue weighted by Crippen LogP contribution is -2.36. The minimum atomic E-state index is -3.88. The predicted octanol–water partition coefficient (Wildman–Crippen LogP) is 3.16. The second-order valence-corrected chi connectivity index (χ2v) is 7.70. The first kappa shape index (κ1) is 16.5. The van der Waals surface area contributed by atoms with Crippen LogP contribution in [0.2, 0.25) is 10.0 Å². The van der Waals surface area contributed by atoms with Gasteiger partial charge < -0.3 is 5.11 Å². The van der Waals surface area contributed by atoms with Gasteiger partial charge in [-0.15, -0.1) is 0 Å². The molecule has 0 radical (unpaired) electrons. The van der Waals surface area contributed by atoms with E-state index in [4.69, 9.17) is 28.3 Å². The van der Waals surface area contributed by atoms with Crippen molar-refractivity contribution in [2.24, 2.45) is 5.92 Å². The van der Waals surface area contributed by atoms with Crippen molar-refractivity contribution >= 4 is 39.2 Å². The number of carboxylic acids is 1. The molecule has 0 amide bonds. The van der Waals surface area contributed by atoms with E-state index in [1.54, 1.807) is 0 Å². The van der Waals surface area contributed by atoms with E-state index in [9.17, 15) is 13.2 Å². The molecule has 116 valence electrons. The first-order valence-corrected chi connectivity index (χ1v) is 8.71. The van der Waals surface area contributed by atoms with Crippen LogP contribution in [0.5, 0.6) is 0 Å². The zero-order chi connectivity index (χ0) is 15.8. The molecule has 1 aromatic carbocycles. The van der Waals surface area contributed by atoms with Gasteiger partial charge in [0, 0.05) is 6.04 Å². The molecular weight excluding hydrogens is 337 g/mol. The van der Waals surface area contributed by atoms with Gasteiger partial charge in [-0.1, -0.05) is 36.5 Å². The van der Waals surface area contributed by atoms with Crippen LogP contribution in [0, 0.1) is 5.92 Å². The van der Waals surface area contributed by atoms with Gasteiger partial charge in [0.15, 0.2) is 0 Å². The third-order valence-corrected chi connectivity index (χ3v) is 5.98. The zero-order valence-corrected chi connectivity index (χ0v) is 13.6. The molecule has 8 heteroatoms. The van der Waals surface area contributed by atoms with E-state index < -0.39 is 16.0 Å². The standard InChI is InChI=1S/C13H15Cl2NO4S/c1-7-3-2-4-11(7)16-21(19,20)12-5-8(13(17)18)9(14)6-10(12)15/h5-7,11,16H,2-4H2,1H3,(H,17,18). The molecule has 0 aromatic heterocycles. The Hall–Kier alpha value is -0.820. The van der Waals surface area contributed by atoms with Crippen molar-refractivity contribution in [3.05, 3.63) is 27.7 Å². The molecule has 0 heterocycles. The molecule has 0 bridgehead atoms. The summed E-state index contributed by atoms with van der Waals surface area (Å²) in [6, 6.07) is 1.98. The van der Waals surface area contributed by atoms with Crippen LogP contribution < -0.4 is 4.72 Å². The number of hydrogen-bond acceptors (Lipinski definition) is 3. The summed E-state index contributed by atoms with van der Waals surface area (Å²) in [5.41, 5.74) is -0.291. The van der Waals surface area contributed by atoms with Gasteiger partial charge in [0.05, 0.1) is 15.6 Å². The molecule has 0 aliphatic heterocycles. The maximum absolute atomic E-state index is 12.4. The second-order valence-electron chi connectivity index (χ2n) is 5.20. The Kier molecular flexibility index (Phi) is 4.82. The summed E-state index contributed by atoms with van der Waals surface area (Å²) in [7, 11) is -3.88. The molecule has 1 fully saturated rings. The number of rotatable bonds is 4. The predicted molar refractivity (Wildman–Crippen MR) is 80.5 cm³/mol. The van der Waals surface area contributed by atoms with Gasteiger partial charge in [-0.05, 0) is 30.9 Å². The van der Waals surface area contributed by atoms with Crippen molar-refractivity contribution in [2.75, 3.05) is 0 Å². The number of benzene rings is 1. The Labute approximate surface area is 133 Å². The zero-order valence-electron chi connectivity index (χ0n) is 11.3. The van der Waals surface area contributed by atoms with E-state index in [2.05, 4.69) is 4.72 Å². The number of aromatic carboxylic acids is 1. The average molecular weight is 352 g/mol. The lowest BCUT2D eigenvalue weighted by atomic mass is 10.1. The van der Waals surface area contributed by atoms with Crippen LogP contribution in [0.3, 0.4) is 0 Å². The van der Waals surface area contributed by atoms with E-state index in [0.29, 0.717) is 0 Å². The fourth-order valence-electron chi connectivity index (χ4n) is 2.48. The fraction of sp³-hybridized carbons (Fsp3) is 0.462. The van der Waals surface area contributed by atoms with Crippen molar-refractivity contribution < 1.29 is 18.3 Å². The number of nitrogens with one attached hydrogen (secondary N) is 1. The Balaban J connectivity index is 2.40. The maximum atomic E-state index is 12.4. The van der Waals surface area contributed by atoms with Crippen LogP contribution in [-0.2, 0) is 10.0 Å². The normalized spacial score (nSPS) is 22.4. The molecule has 2 unspecified atom stereocenters. The highest BCUT2D eigenvalue weighted by molar-refractivity contribution is 7.89. The van der Waals surface area contributed by atoms with Crippen LogP contribution in [-0.4, -0.2) is 25.5 Å². The van der Waals surface area contributed by atoms with Gasteiger partial charge in [0.2, 0.25) is 10.0 Å². The molecule has 0 saturated heterocycles. The molecule has 1 aliphatic carbocycles. The number of sulfonamides is 1. The quantitative estimate of drug-likeness (QED) is 0.872. The monoisotopic (exact) mass is 351 g/mol. The first-order chi connectivity index (χ1) is 9.72. The third kappa shape index (κ3) is 3.51. The van der Waals surface area contributed by atoms with Crippen LogP contribution >= 0.6 is 23.2 Å². The molecular formula is C13H15Cl2NO4S. The highest BCUT2D eigenvalue weighted by Gasteiger charge is 2.30. The molecule has 0 spiro atoms. The fourth-order valence-corrected chi connectivity index (χ4v) is 4.72. The van der Waals surface area contributed by atoms with Crippen LogP contribution in [0.1, 0.15) is 36.5 Å². The third-order valence-electron chi connectivity index (χ3n) is 3.71. The van der Waals surface area contributed by atoms with Crippen molar-refractivity contribution in [3.63, 3.8) is 0 Å². The molecule has 5 nitrogen and oxygen atoms in total. The summed E-state index contributed by atoms with van der Waals surface area (Å²) in [6.07, 6.45) is 2.68. The Bertz CT molecular complexity index is 675. The van der Waals surface area contributed by atoms with Crippen molar-refractivity contribution in [1.29, 1.82) is 0 Å². The largest absolute Gasteiger partial charge is 0.478 e. The summed E-state index contributed by atoms with van der Waals surface area (Å²) < 4.78 is 27.4. The summed E-state index contributed by atoms with van der Waals surface area (Å²) in [5, 5.41) is 8.84. The minimum Gasteiger partial charge on any atom is -0.478 e. The van der Waals surface area contributed by atoms with Gasteiger partial charge >= 0.3 is 5.97 Å². The number of carbonyl (C=O) groups is 1. The highest BCUT2D eigenvalue weighted by Crippen LogP contribution is 2.31. The molecule has 2 atom stereocenters. The Morgan fingerprint density at radius 2 is 1.95 bits per heavy atom. The van der Waals surface area contributed by atoms with E-state index in [0.717, 1.165) is 31.4 Å². The first-order valence-electron chi connectivity index (χ1n) is 6.47. The minimum absolute atomic E-state index is 0.0943. The van der Waals surface area contributed by atoms with Crippen molar-refractivity contribution in [1.82, 2.24) is 4.72 Å². The van der Waals surface area contributed by atoms with Gasteiger partial charge in [-0.3, -0.25) is 0 Å². The number of carboxylic acid groups (broad SMARTS) is 1. The molecule has 2 N–H and O–H groups in total. The van der Waals surface area contributed by atoms with E-state index >= 15 is 0 Å². The van der Waals surface area contributed by atoms with E-state index in [1.165, 1.54) is 0 Å². The Morgan fingerprint density at radius 1 is 1.29 bits per heavy atom. The number of hydrogen-bond donors (Lipinski definition) is 2. The van der Waals surface area contributed by atoms with E-state index in [1.807, 2.05) is 6.92 Å². The van der Waals surface area contributed by atoms with E-state index in [-0.39, 0.29) is 32.5 Å². The summed E-state index contributed by atoms with van der Waals surface area (Å²) in [6.45, 7) is 1.98. The van der Waals surface area contributed by atoms with Crippen molar-refractivity contribution in [2.45, 2.75) is 37.1 Å². The van der Waals surface area contributed by atoms with Crippen molar-refractivity contribution in [3.8, 4) is 0 Å². The topological polar surface area (TPSA) is 83.5 Å². The smallest absolute Gasteiger partial charge is 0.337 e. The molecule has 2 rings (SSSR count).